The first-order valence-electron chi connectivity index (χ1n) is 5.12. The molecule has 0 aliphatic heterocycles. The maximum Gasteiger partial charge on any atom is 0.204 e. The molecule has 1 heterocycles. The highest BCUT2D eigenvalue weighted by Gasteiger charge is 2.48. The zero-order valence-electron chi connectivity index (χ0n) is 7.88. The van der Waals surface area contributed by atoms with Crippen LogP contribution in [0.5, 0.6) is 5.88 Å². The van der Waals surface area contributed by atoms with Crippen molar-refractivity contribution < 1.29 is 5.11 Å². The van der Waals surface area contributed by atoms with Crippen LogP contribution in [0.2, 0.25) is 0 Å². The van der Waals surface area contributed by atoms with E-state index in [-0.39, 0.29) is 5.41 Å². The van der Waals surface area contributed by atoms with E-state index in [9.17, 15) is 5.11 Å². The van der Waals surface area contributed by atoms with Crippen molar-refractivity contribution in [3.63, 3.8) is 0 Å². The molecule has 0 amide bonds. The molecule has 2 fully saturated rings. The summed E-state index contributed by atoms with van der Waals surface area (Å²) >= 11 is 6.64. The van der Waals surface area contributed by atoms with Crippen molar-refractivity contribution in [1.82, 2.24) is 4.98 Å². The lowest BCUT2D eigenvalue weighted by Crippen LogP contribution is -2.17. The number of rotatable bonds is 1. The predicted octanol–water partition coefficient (Wildman–Crippen LogP) is 3.34. The van der Waals surface area contributed by atoms with E-state index in [1.165, 1.54) is 32.1 Å². The monoisotopic (exact) mass is 227 g/mol. The van der Waals surface area contributed by atoms with Crippen LogP contribution in [0, 0.1) is 9.87 Å². The quantitative estimate of drug-likeness (QED) is 0.722. The van der Waals surface area contributed by atoms with Crippen molar-refractivity contribution in [2.75, 3.05) is 0 Å². The molecular formula is C10H13NOS2. The van der Waals surface area contributed by atoms with Gasteiger partial charge in [0.25, 0.3) is 0 Å². The third-order valence-electron chi connectivity index (χ3n) is 3.85. The molecule has 2 nitrogen and oxygen atoms in total. The number of aromatic amines is 1. The van der Waals surface area contributed by atoms with Gasteiger partial charge in [-0.1, -0.05) is 0 Å². The van der Waals surface area contributed by atoms with E-state index in [1.807, 2.05) is 0 Å². The molecule has 0 radical (unpaired) electrons. The van der Waals surface area contributed by atoms with Gasteiger partial charge >= 0.3 is 0 Å². The molecule has 2 bridgehead atoms. The van der Waals surface area contributed by atoms with Gasteiger partial charge in [0.05, 0.1) is 4.88 Å². The van der Waals surface area contributed by atoms with E-state index in [4.69, 9.17) is 12.2 Å². The predicted molar refractivity (Wildman–Crippen MR) is 59.4 cm³/mol. The summed E-state index contributed by atoms with van der Waals surface area (Å²) in [5, 5.41) is 9.79. The van der Waals surface area contributed by atoms with Crippen molar-refractivity contribution in [3.8, 4) is 5.88 Å². The van der Waals surface area contributed by atoms with Crippen molar-refractivity contribution in [3.05, 3.63) is 8.83 Å². The number of thiazole rings is 1. The smallest absolute Gasteiger partial charge is 0.204 e. The van der Waals surface area contributed by atoms with E-state index in [2.05, 4.69) is 4.98 Å². The number of fused-ring (bicyclic) bond motifs is 2. The third kappa shape index (κ3) is 1.10. The second-order valence-corrected chi connectivity index (χ2v) is 6.31. The van der Waals surface area contributed by atoms with Crippen molar-refractivity contribution in [1.29, 1.82) is 0 Å². The zero-order chi connectivity index (χ0) is 9.76. The first kappa shape index (κ1) is 8.92. The highest BCUT2D eigenvalue weighted by atomic mass is 32.1. The number of aromatic hydroxyl groups is 1. The minimum absolute atomic E-state index is 0.285. The SMILES string of the molecule is Oc1[nH]c(=S)sc1C12CCC(CC1)C2. The molecule has 1 aromatic rings. The van der Waals surface area contributed by atoms with E-state index >= 15 is 0 Å². The fourth-order valence-electron chi connectivity index (χ4n) is 3.19. The van der Waals surface area contributed by atoms with E-state index in [1.54, 1.807) is 11.3 Å². The Kier molecular flexibility index (Phi) is 1.80. The minimum Gasteiger partial charge on any atom is -0.494 e. The van der Waals surface area contributed by atoms with Gasteiger partial charge in [-0.2, -0.15) is 0 Å². The highest BCUT2D eigenvalue weighted by molar-refractivity contribution is 7.73. The fraction of sp³-hybridized carbons (Fsp3) is 0.700. The van der Waals surface area contributed by atoms with E-state index in [0.29, 0.717) is 9.83 Å². The number of hydrogen-bond donors (Lipinski definition) is 2. The summed E-state index contributed by atoms with van der Waals surface area (Å²) in [6.07, 6.45) is 6.43. The Morgan fingerprint density at radius 1 is 1.43 bits per heavy atom. The fourth-order valence-corrected chi connectivity index (χ4v) is 4.52. The number of H-pyrrole nitrogens is 1. The lowest BCUT2D eigenvalue weighted by Gasteiger charge is -2.24. The van der Waals surface area contributed by atoms with Gasteiger partial charge in [0.2, 0.25) is 5.88 Å². The molecule has 2 N–H and O–H groups in total. The molecule has 1 aromatic heterocycles. The lowest BCUT2D eigenvalue weighted by atomic mass is 9.83. The second kappa shape index (κ2) is 2.83. The van der Waals surface area contributed by atoms with Crippen molar-refractivity contribution in [2.45, 2.75) is 37.5 Å². The summed E-state index contributed by atoms with van der Waals surface area (Å²) in [4.78, 5) is 3.98. The molecule has 0 aromatic carbocycles. The summed E-state index contributed by atoms with van der Waals surface area (Å²) in [6.45, 7) is 0. The van der Waals surface area contributed by atoms with Gasteiger partial charge in [0, 0.05) is 5.41 Å². The summed E-state index contributed by atoms with van der Waals surface area (Å²) < 4.78 is 0.710. The van der Waals surface area contributed by atoms with Crippen LogP contribution in [0.15, 0.2) is 0 Å². The molecular weight excluding hydrogens is 214 g/mol. The van der Waals surface area contributed by atoms with Crippen LogP contribution in [0.3, 0.4) is 0 Å². The van der Waals surface area contributed by atoms with Crippen molar-refractivity contribution >= 4 is 23.6 Å². The molecule has 3 rings (SSSR count). The summed E-state index contributed by atoms with van der Waals surface area (Å²) in [5.74, 6) is 1.24. The van der Waals surface area contributed by atoms with Gasteiger partial charge in [-0.15, -0.1) is 11.3 Å². The molecule has 2 aliphatic carbocycles. The lowest BCUT2D eigenvalue weighted by molar-refractivity contribution is 0.390. The largest absolute Gasteiger partial charge is 0.494 e. The van der Waals surface area contributed by atoms with Gasteiger partial charge in [0.1, 0.15) is 0 Å². The van der Waals surface area contributed by atoms with Crippen LogP contribution < -0.4 is 0 Å². The van der Waals surface area contributed by atoms with Gasteiger partial charge in [0.15, 0.2) is 3.95 Å². The first-order valence-corrected chi connectivity index (χ1v) is 6.35. The topological polar surface area (TPSA) is 36.0 Å². The van der Waals surface area contributed by atoms with Crippen LogP contribution in [0.1, 0.15) is 37.0 Å². The Balaban J connectivity index is 2.09. The van der Waals surface area contributed by atoms with Crippen LogP contribution in [0.4, 0.5) is 0 Å². The molecule has 0 atom stereocenters. The Morgan fingerprint density at radius 3 is 2.57 bits per heavy atom. The number of aromatic nitrogens is 1. The Labute approximate surface area is 92.0 Å². The maximum absolute atomic E-state index is 9.79. The Morgan fingerprint density at radius 2 is 2.14 bits per heavy atom. The van der Waals surface area contributed by atoms with Gasteiger partial charge in [-0.3, -0.25) is 0 Å². The van der Waals surface area contributed by atoms with Gasteiger partial charge < -0.3 is 10.1 Å². The third-order valence-corrected chi connectivity index (χ3v) is 5.32. The van der Waals surface area contributed by atoms with E-state index < -0.39 is 0 Å². The second-order valence-electron chi connectivity index (χ2n) is 4.62. The molecule has 76 valence electrons. The molecule has 0 unspecified atom stereocenters. The standard InChI is InChI=1S/C10H13NOS2/c12-8-7(14-9(13)11-8)10-3-1-6(5-10)2-4-10/h6,12H,1-5H2,(H,11,13). The van der Waals surface area contributed by atoms with Crippen LogP contribution in [0.25, 0.3) is 0 Å². The number of nitrogens with one attached hydrogen (secondary N) is 1. The van der Waals surface area contributed by atoms with Crippen molar-refractivity contribution in [2.24, 2.45) is 5.92 Å². The molecule has 2 aliphatic rings. The molecule has 2 saturated carbocycles. The van der Waals surface area contributed by atoms with E-state index in [0.717, 1.165) is 10.8 Å². The normalized spacial score (nSPS) is 35.3. The zero-order valence-corrected chi connectivity index (χ0v) is 9.51. The average Bonchev–Trinajstić information content (AvgIpc) is 2.79. The van der Waals surface area contributed by atoms with Crippen LogP contribution >= 0.6 is 23.6 Å². The van der Waals surface area contributed by atoms with Crippen LogP contribution in [-0.4, -0.2) is 10.1 Å². The van der Waals surface area contributed by atoms with Gasteiger partial charge in [-0.05, 0) is 50.2 Å². The maximum atomic E-state index is 9.79. The molecule has 14 heavy (non-hydrogen) atoms. The Bertz CT molecular complexity index is 412. The van der Waals surface area contributed by atoms with Gasteiger partial charge in [-0.25, -0.2) is 0 Å². The summed E-state index contributed by atoms with van der Waals surface area (Å²) in [7, 11) is 0. The Hall–Kier alpha value is -0.350. The summed E-state index contributed by atoms with van der Waals surface area (Å²) in [6, 6.07) is 0. The molecule has 4 heteroatoms. The molecule has 0 saturated heterocycles. The summed E-state index contributed by atoms with van der Waals surface area (Å²) in [5.41, 5.74) is 0.285. The number of hydrogen-bond acceptors (Lipinski definition) is 3. The highest BCUT2D eigenvalue weighted by Crippen LogP contribution is 2.57. The minimum atomic E-state index is 0.285. The first-order chi connectivity index (χ1) is 6.70. The van der Waals surface area contributed by atoms with Crippen LogP contribution in [-0.2, 0) is 5.41 Å². The average molecular weight is 227 g/mol. The molecule has 0 spiro atoms.